The van der Waals surface area contributed by atoms with Crippen molar-refractivity contribution in [1.29, 1.82) is 0 Å². The molecule has 2 fully saturated rings. The molecule has 0 aromatic carbocycles. The van der Waals surface area contributed by atoms with Crippen LogP contribution in [0.3, 0.4) is 0 Å². The highest BCUT2D eigenvalue weighted by atomic mass is 31.2. The summed E-state index contributed by atoms with van der Waals surface area (Å²) >= 11 is 0. The molecule has 0 saturated carbocycles. The van der Waals surface area contributed by atoms with Crippen LogP contribution in [-0.2, 0) is 23.3 Å². The molecular weight excluding hydrogens is 473 g/mol. The Hall–Kier alpha value is -2.02. The van der Waals surface area contributed by atoms with Gasteiger partial charge in [-0.15, -0.1) is 0 Å². The number of nitrogens with zero attached hydrogens (tertiary/aromatic N) is 3. The van der Waals surface area contributed by atoms with Crippen LogP contribution in [0.15, 0.2) is 11.1 Å². The lowest BCUT2D eigenvalue weighted by Gasteiger charge is -2.26. The van der Waals surface area contributed by atoms with Crippen molar-refractivity contribution in [3.8, 4) is 0 Å². The second kappa shape index (κ2) is 8.97. The molecule has 0 aliphatic carbocycles. The van der Waals surface area contributed by atoms with Crippen LogP contribution in [0.2, 0.25) is 0 Å². The molecule has 4 heterocycles. The number of hydrogen-bond donors (Lipinski definition) is 8. The maximum absolute atomic E-state index is 12.1. The summed E-state index contributed by atoms with van der Waals surface area (Å²) in [5, 5.41) is 40.5. The number of aliphatic hydroxyl groups excluding tert-OH is 4. The zero-order valence-electron chi connectivity index (χ0n) is 16.6. The average molecular weight is 495 g/mol. The Kier molecular flexibility index (Phi) is 6.56. The third kappa shape index (κ3) is 4.66. The molecule has 4 rings (SSSR count). The summed E-state index contributed by atoms with van der Waals surface area (Å²) in [6, 6.07) is 0. The molecular formula is C15H22N5O12P. The number of nitrogens with one attached hydrogen (secondary N) is 1. The summed E-state index contributed by atoms with van der Waals surface area (Å²) in [5.41, 5.74) is 4.86. The van der Waals surface area contributed by atoms with Crippen LogP contribution in [0.25, 0.3) is 11.2 Å². The second-order valence-electron chi connectivity index (χ2n) is 7.42. The van der Waals surface area contributed by atoms with E-state index in [0.717, 1.165) is 0 Å². The van der Waals surface area contributed by atoms with Crippen LogP contribution >= 0.6 is 7.82 Å². The smallest absolute Gasteiger partial charge is 0.394 e. The fraction of sp³-hybridized carbons (Fsp3) is 0.667. The van der Waals surface area contributed by atoms with Gasteiger partial charge in [-0.2, -0.15) is 4.98 Å². The van der Waals surface area contributed by atoms with Crippen LogP contribution in [0.5, 0.6) is 0 Å². The molecule has 2 aliphatic heterocycles. The molecule has 9 N–H and O–H groups in total. The summed E-state index contributed by atoms with van der Waals surface area (Å²) in [6.45, 7) is -1.37. The van der Waals surface area contributed by atoms with Gasteiger partial charge in [0, 0.05) is 0 Å². The fourth-order valence-electron chi connectivity index (χ4n) is 3.66. The van der Waals surface area contributed by atoms with Gasteiger partial charge in [0.15, 0.2) is 23.7 Å². The normalized spacial score (nSPS) is 35.0. The highest BCUT2D eigenvalue weighted by molar-refractivity contribution is 7.46. The molecule has 8 unspecified atom stereocenters. The van der Waals surface area contributed by atoms with E-state index in [2.05, 4.69) is 19.5 Å². The van der Waals surface area contributed by atoms with Crippen molar-refractivity contribution < 1.29 is 53.5 Å². The lowest BCUT2D eigenvalue weighted by Crippen LogP contribution is -2.42. The summed E-state index contributed by atoms with van der Waals surface area (Å²) in [6.07, 6.45) is -10.3. The van der Waals surface area contributed by atoms with Gasteiger partial charge in [0.1, 0.15) is 36.6 Å². The Balaban J connectivity index is 1.59. The third-order valence-electron chi connectivity index (χ3n) is 5.23. The Morgan fingerprint density at radius 2 is 1.91 bits per heavy atom. The number of imidazole rings is 1. The molecule has 0 spiro atoms. The predicted octanol–water partition coefficient (Wildman–Crippen LogP) is -4.11. The number of fused-ring (bicyclic) bond motifs is 1. The Bertz CT molecular complexity index is 1100. The maximum Gasteiger partial charge on any atom is 0.469 e. The predicted molar refractivity (Wildman–Crippen MR) is 103 cm³/mol. The SMILES string of the molecule is Nc1nc2c(ncn2C2OC(CO)C(O)C2OC2OC(COP(=O)(O)O)C(O)C2O)c(=O)[nH]1. The van der Waals surface area contributed by atoms with Crippen molar-refractivity contribution in [3.63, 3.8) is 0 Å². The molecule has 184 valence electrons. The number of nitrogen functional groups attached to an aromatic ring is 1. The van der Waals surface area contributed by atoms with Crippen molar-refractivity contribution in [2.75, 3.05) is 18.9 Å². The highest BCUT2D eigenvalue weighted by Crippen LogP contribution is 2.39. The number of rotatable bonds is 7. The molecule has 0 bridgehead atoms. The highest BCUT2D eigenvalue weighted by Gasteiger charge is 2.51. The van der Waals surface area contributed by atoms with E-state index in [4.69, 9.17) is 29.7 Å². The molecule has 8 atom stereocenters. The average Bonchev–Trinajstić information content (AvgIpc) is 3.37. The number of anilines is 1. The van der Waals surface area contributed by atoms with E-state index in [1.807, 2.05) is 0 Å². The van der Waals surface area contributed by atoms with E-state index in [0.29, 0.717) is 0 Å². The largest absolute Gasteiger partial charge is 0.469 e. The Labute approximate surface area is 183 Å². The number of H-pyrrole nitrogens is 1. The molecule has 17 nitrogen and oxygen atoms in total. The van der Waals surface area contributed by atoms with Gasteiger partial charge in [0.2, 0.25) is 5.95 Å². The fourth-order valence-corrected chi connectivity index (χ4v) is 4.00. The van der Waals surface area contributed by atoms with E-state index >= 15 is 0 Å². The van der Waals surface area contributed by atoms with Crippen LogP contribution in [0.4, 0.5) is 5.95 Å². The number of aromatic nitrogens is 4. The van der Waals surface area contributed by atoms with Crippen molar-refractivity contribution in [2.45, 2.75) is 49.1 Å². The van der Waals surface area contributed by atoms with Gasteiger partial charge in [-0.1, -0.05) is 0 Å². The second-order valence-corrected chi connectivity index (χ2v) is 8.66. The first-order valence-corrected chi connectivity index (χ1v) is 11.1. The van der Waals surface area contributed by atoms with Gasteiger partial charge in [-0.25, -0.2) is 9.55 Å². The molecule has 18 heteroatoms. The number of aliphatic hydroxyl groups is 4. The van der Waals surface area contributed by atoms with E-state index in [-0.39, 0.29) is 17.1 Å². The lowest BCUT2D eigenvalue weighted by molar-refractivity contribution is -0.219. The minimum absolute atomic E-state index is 0.0125. The molecule has 2 saturated heterocycles. The lowest BCUT2D eigenvalue weighted by atomic mass is 10.1. The summed E-state index contributed by atoms with van der Waals surface area (Å²) in [7, 11) is -4.87. The van der Waals surface area contributed by atoms with Gasteiger partial charge < -0.3 is 50.2 Å². The number of phosphoric acid groups is 1. The van der Waals surface area contributed by atoms with E-state index < -0.39 is 75.7 Å². The van der Waals surface area contributed by atoms with Crippen LogP contribution in [0.1, 0.15) is 6.23 Å². The molecule has 0 amide bonds. The minimum Gasteiger partial charge on any atom is -0.394 e. The quantitative estimate of drug-likeness (QED) is 0.170. The van der Waals surface area contributed by atoms with Gasteiger partial charge >= 0.3 is 7.82 Å². The van der Waals surface area contributed by atoms with Crippen molar-refractivity contribution in [2.24, 2.45) is 0 Å². The van der Waals surface area contributed by atoms with E-state index in [1.54, 1.807) is 0 Å². The molecule has 2 aromatic rings. The zero-order chi connectivity index (χ0) is 24.1. The Morgan fingerprint density at radius 3 is 2.58 bits per heavy atom. The molecule has 2 aromatic heterocycles. The topological polar surface area (TPSA) is 265 Å². The van der Waals surface area contributed by atoms with E-state index in [9.17, 15) is 29.8 Å². The first-order valence-electron chi connectivity index (χ1n) is 9.54. The first kappa shape index (κ1) is 24.1. The van der Waals surface area contributed by atoms with Crippen LogP contribution < -0.4 is 11.3 Å². The number of aromatic amines is 1. The summed E-state index contributed by atoms with van der Waals surface area (Å²) in [5.74, 6) is -0.213. The van der Waals surface area contributed by atoms with Crippen molar-refractivity contribution in [1.82, 2.24) is 19.5 Å². The first-order chi connectivity index (χ1) is 15.5. The van der Waals surface area contributed by atoms with Gasteiger partial charge in [-0.05, 0) is 0 Å². The standard InChI is InChI=1S/C15H22N5O12P/c16-15-18-11-6(12(25)19-15)17-3-20(11)13-10(8(23)4(1-21)30-13)32-14-9(24)7(22)5(31-14)2-29-33(26,27)28/h3-5,7-10,13-14,21-24H,1-2H2,(H2,26,27,28)(H3,16,18,19,25). The number of hydrogen-bond acceptors (Lipinski definition) is 13. The van der Waals surface area contributed by atoms with Gasteiger partial charge in [-0.3, -0.25) is 18.9 Å². The van der Waals surface area contributed by atoms with Crippen molar-refractivity contribution in [3.05, 3.63) is 16.7 Å². The van der Waals surface area contributed by atoms with Gasteiger partial charge in [0.05, 0.1) is 19.5 Å². The molecule has 2 aliphatic rings. The number of nitrogens with two attached hydrogens (primary N) is 1. The van der Waals surface area contributed by atoms with Crippen molar-refractivity contribution >= 4 is 24.9 Å². The number of ether oxygens (including phenoxy) is 3. The monoisotopic (exact) mass is 495 g/mol. The van der Waals surface area contributed by atoms with Crippen LogP contribution in [-0.4, -0.2) is 106 Å². The van der Waals surface area contributed by atoms with E-state index in [1.165, 1.54) is 10.9 Å². The summed E-state index contributed by atoms with van der Waals surface area (Å²) < 4.78 is 33.0. The zero-order valence-corrected chi connectivity index (χ0v) is 17.5. The summed E-state index contributed by atoms with van der Waals surface area (Å²) in [4.78, 5) is 39.9. The van der Waals surface area contributed by atoms with Crippen LogP contribution in [0, 0.1) is 0 Å². The maximum atomic E-state index is 12.1. The van der Waals surface area contributed by atoms with Gasteiger partial charge in [0.25, 0.3) is 5.56 Å². The third-order valence-corrected chi connectivity index (χ3v) is 5.72. The molecule has 0 radical (unpaired) electrons. The Morgan fingerprint density at radius 1 is 1.18 bits per heavy atom. The molecule has 33 heavy (non-hydrogen) atoms. The number of phosphoric ester groups is 1. The minimum atomic E-state index is -4.87.